The maximum atomic E-state index is 12.8. The van der Waals surface area contributed by atoms with Gasteiger partial charge in [0.05, 0.1) is 12.8 Å². The van der Waals surface area contributed by atoms with Crippen molar-refractivity contribution in [2.45, 2.75) is 91.8 Å². The smallest absolute Gasteiger partial charge is 0.416 e. The van der Waals surface area contributed by atoms with Gasteiger partial charge >= 0.3 is 6.18 Å². The lowest BCUT2D eigenvalue weighted by molar-refractivity contribution is -0.0881. The predicted octanol–water partition coefficient (Wildman–Crippen LogP) is 9.34. The van der Waals surface area contributed by atoms with Crippen molar-refractivity contribution < 1.29 is 22.3 Å². The molecule has 202 valence electrons. The summed E-state index contributed by atoms with van der Waals surface area (Å²) in [6.07, 6.45) is 15.8. The lowest BCUT2D eigenvalue weighted by Crippen LogP contribution is -2.16. The molecule has 0 heterocycles. The molecule has 0 amide bonds. The van der Waals surface area contributed by atoms with Gasteiger partial charge in [-0.2, -0.15) is 13.2 Å². The van der Waals surface area contributed by atoms with E-state index in [1.807, 2.05) is 40.0 Å². The van der Waals surface area contributed by atoms with Gasteiger partial charge < -0.3 is 10.1 Å². The summed E-state index contributed by atoms with van der Waals surface area (Å²) in [5.74, 6) is 0.569. The van der Waals surface area contributed by atoms with Crippen LogP contribution in [0.2, 0.25) is 0 Å². The molecular weight excluding hydrogens is 454 g/mol. The van der Waals surface area contributed by atoms with Crippen LogP contribution in [0.1, 0.15) is 79.6 Å². The third kappa shape index (κ3) is 16.3. The van der Waals surface area contributed by atoms with Crippen LogP contribution in [-0.4, -0.2) is 33.1 Å². The van der Waals surface area contributed by atoms with Crippen LogP contribution in [0.3, 0.4) is 0 Å². The van der Waals surface area contributed by atoms with E-state index in [1.54, 1.807) is 0 Å². The first-order chi connectivity index (χ1) is 16.8. The van der Waals surface area contributed by atoms with Crippen LogP contribution in [0.4, 0.5) is 17.6 Å². The molecule has 0 fully saturated rings. The number of alkyl halides is 4. The number of hydrogen-bond donors (Lipinski definition) is 1. The Bertz CT molecular complexity index is 709. The second-order valence-corrected chi connectivity index (χ2v) is 7.75. The van der Waals surface area contributed by atoms with Gasteiger partial charge in [-0.1, -0.05) is 82.6 Å². The summed E-state index contributed by atoms with van der Waals surface area (Å²) in [6, 6.07) is 0. The minimum absolute atomic E-state index is 0.110. The number of allylic oxidation sites excluding steroid dienone is 10. The summed E-state index contributed by atoms with van der Waals surface area (Å²) in [5, 5.41) is 3.10. The summed E-state index contributed by atoms with van der Waals surface area (Å²) >= 11 is 0. The van der Waals surface area contributed by atoms with E-state index in [0.29, 0.717) is 19.4 Å². The average molecular weight is 502 g/mol. The average Bonchev–Trinajstić information content (AvgIpc) is 3.10. The highest BCUT2D eigenvalue weighted by Gasteiger charge is 2.31. The highest BCUT2D eigenvalue weighted by atomic mass is 19.4. The zero-order chi connectivity index (χ0) is 27.1. The molecule has 0 radical (unpaired) electrons. The van der Waals surface area contributed by atoms with Crippen LogP contribution in [0.25, 0.3) is 0 Å². The van der Waals surface area contributed by atoms with E-state index in [2.05, 4.69) is 31.3 Å². The monoisotopic (exact) mass is 501 g/mol. The van der Waals surface area contributed by atoms with Gasteiger partial charge in [0.15, 0.2) is 0 Å². The number of nitrogens with one attached hydrogen (secondary N) is 1. The zero-order valence-electron chi connectivity index (χ0n) is 22.8. The molecule has 0 aromatic heterocycles. The second kappa shape index (κ2) is 22.4. The van der Waals surface area contributed by atoms with Crippen LogP contribution in [0.15, 0.2) is 71.1 Å². The van der Waals surface area contributed by atoms with E-state index in [-0.39, 0.29) is 6.10 Å². The standard InChI is InChI=1S/C20H23F3O.C6H15N.C2H6.CH3F/c1-3-19(18-12-7-5-4-6-9-15(18)2)24-17-11-8-10-16(13-14-17)20(21,22)23;1-3-4-5-6-7-2;2*1-2/h4-8,10,13-14,19H,3,9,11-12H2,1-2H3;7H,3-6H2,1-2H3;1-2H3;1H3/b6-4-,7-5?,18-15+;;;. The SMILES string of the molecule is CC.CCC(OC1=CC=C(C(F)(F)F)C=CC1)/C1=C(\C)C/C=C\C=CC1.CCCCCNC.CF. The highest BCUT2D eigenvalue weighted by Crippen LogP contribution is 2.30. The largest absolute Gasteiger partial charge is 0.490 e. The third-order valence-electron chi connectivity index (χ3n) is 5.17. The van der Waals surface area contributed by atoms with Crippen LogP contribution in [-0.2, 0) is 4.74 Å². The maximum Gasteiger partial charge on any atom is 0.416 e. The molecule has 1 atom stereocenters. The summed E-state index contributed by atoms with van der Waals surface area (Å²) in [4.78, 5) is 0. The number of rotatable bonds is 8. The Labute approximate surface area is 211 Å². The number of ether oxygens (including phenoxy) is 1. The molecule has 0 bridgehead atoms. The van der Waals surface area contributed by atoms with E-state index in [1.165, 1.54) is 49.1 Å². The molecule has 2 aliphatic rings. The van der Waals surface area contributed by atoms with E-state index >= 15 is 0 Å². The van der Waals surface area contributed by atoms with Crippen molar-refractivity contribution in [2.24, 2.45) is 0 Å². The van der Waals surface area contributed by atoms with Crippen LogP contribution in [0.5, 0.6) is 0 Å². The van der Waals surface area contributed by atoms with Crippen molar-refractivity contribution in [3.8, 4) is 0 Å². The summed E-state index contributed by atoms with van der Waals surface area (Å²) in [7, 11) is 2.50. The molecule has 0 aromatic carbocycles. The first-order valence-corrected chi connectivity index (χ1v) is 12.7. The fourth-order valence-electron chi connectivity index (χ4n) is 3.33. The van der Waals surface area contributed by atoms with Gasteiger partial charge in [-0.3, -0.25) is 4.39 Å². The van der Waals surface area contributed by atoms with Gasteiger partial charge in [0, 0.05) is 6.42 Å². The van der Waals surface area contributed by atoms with Gasteiger partial charge in [0.1, 0.15) is 11.9 Å². The summed E-state index contributed by atoms with van der Waals surface area (Å²) in [5.41, 5.74) is 1.83. The molecular formula is C29H47F4NO. The first kappa shape index (κ1) is 35.1. The van der Waals surface area contributed by atoms with E-state index < -0.39 is 11.7 Å². The van der Waals surface area contributed by atoms with Gasteiger partial charge in [-0.15, -0.1) is 0 Å². The minimum Gasteiger partial charge on any atom is -0.490 e. The van der Waals surface area contributed by atoms with Crippen molar-refractivity contribution in [3.63, 3.8) is 0 Å². The van der Waals surface area contributed by atoms with Gasteiger partial charge in [-0.25, -0.2) is 0 Å². The fraction of sp³-hybridized carbons (Fsp3) is 0.586. The molecule has 0 saturated heterocycles. The van der Waals surface area contributed by atoms with E-state index in [9.17, 15) is 17.6 Å². The molecule has 35 heavy (non-hydrogen) atoms. The predicted molar refractivity (Wildman–Crippen MR) is 143 cm³/mol. The molecule has 1 unspecified atom stereocenters. The Balaban J connectivity index is 0. The number of halogens is 4. The Hall–Kier alpha value is -2.08. The summed E-state index contributed by atoms with van der Waals surface area (Å²) < 4.78 is 53.9. The second-order valence-electron chi connectivity index (χ2n) is 7.75. The van der Waals surface area contributed by atoms with Crippen LogP contribution in [0, 0.1) is 0 Å². The van der Waals surface area contributed by atoms with E-state index in [0.717, 1.165) is 31.4 Å². The molecule has 0 aliphatic heterocycles. The fourth-order valence-corrected chi connectivity index (χ4v) is 3.33. The third-order valence-corrected chi connectivity index (χ3v) is 5.17. The number of hydrogen-bond acceptors (Lipinski definition) is 2. The molecule has 2 aliphatic carbocycles. The van der Waals surface area contributed by atoms with E-state index in [4.69, 9.17) is 4.74 Å². The first-order valence-electron chi connectivity index (χ1n) is 12.7. The molecule has 2 nitrogen and oxygen atoms in total. The normalized spacial score (nSPS) is 18.9. The lowest BCUT2D eigenvalue weighted by atomic mass is 9.95. The molecule has 0 spiro atoms. The molecule has 2 rings (SSSR count). The van der Waals surface area contributed by atoms with Crippen molar-refractivity contribution >= 4 is 0 Å². The molecule has 6 heteroatoms. The molecule has 0 saturated carbocycles. The Morgan fingerprint density at radius 1 is 0.943 bits per heavy atom. The molecule has 1 N–H and O–H groups in total. The quantitative estimate of drug-likeness (QED) is 0.203. The topological polar surface area (TPSA) is 21.3 Å². The number of unbranched alkanes of at least 4 members (excludes halogenated alkanes) is 2. The van der Waals surface area contributed by atoms with Gasteiger partial charge in [0.2, 0.25) is 0 Å². The van der Waals surface area contributed by atoms with Crippen molar-refractivity contribution in [1.82, 2.24) is 5.32 Å². The van der Waals surface area contributed by atoms with Gasteiger partial charge in [-0.05, 0) is 63.9 Å². The van der Waals surface area contributed by atoms with Crippen LogP contribution < -0.4 is 5.32 Å². The zero-order valence-corrected chi connectivity index (χ0v) is 22.8. The Morgan fingerprint density at radius 3 is 2.11 bits per heavy atom. The van der Waals surface area contributed by atoms with Crippen molar-refractivity contribution in [3.05, 3.63) is 71.1 Å². The van der Waals surface area contributed by atoms with Gasteiger partial charge in [0.25, 0.3) is 0 Å². The lowest BCUT2D eigenvalue weighted by Gasteiger charge is -2.24. The minimum atomic E-state index is -4.33. The maximum absolute atomic E-state index is 12.8. The van der Waals surface area contributed by atoms with Crippen LogP contribution >= 0.6 is 0 Å². The molecule has 0 aromatic rings. The Morgan fingerprint density at radius 2 is 1.57 bits per heavy atom. The Kier molecular flexibility index (Phi) is 22.4. The van der Waals surface area contributed by atoms with Crippen molar-refractivity contribution in [1.29, 1.82) is 0 Å². The van der Waals surface area contributed by atoms with Crippen molar-refractivity contribution in [2.75, 3.05) is 20.8 Å². The highest BCUT2D eigenvalue weighted by molar-refractivity contribution is 5.33. The summed E-state index contributed by atoms with van der Waals surface area (Å²) in [6.45, 7) is 11.5.